The van der Waals surface area contributed by atoms with E-state index in [1.54, 1.807) is 24.0 Å². The standard InChI is InChI=1S/C20H26FN5O3/c1-13-17(23-24-26(13)16-7-5-14(21)6-8-16)18(27)22-15-9-11-25(12-10-15)19(28)29-20(2,3)4/h5-8,15H,9-12H2,1-4H3,(H,22,27). The van der Waals surface area contributed by atoms with E-state index in [2.05, 4.69) is 15.6 Å². The second kappa shape index (κ2) is 8.18. The van der Waals surface area contributed by atoms with Crippen LogP contribution < -0.4 is 5.32 Å². The molecule has 2 aromatic rings. The minimum atomic E-state index is -0.532. The Hall–Kier alpha value is -2.97. The van der Waals surface area contributed by atoms with E-state index >= 15 is 0 Å². The molecule has 1 aliphatic rings. The molecular formula is C20H26FN5O3. The zero-order valence-electron chi connectivity index (χ0n) is 17.1. The van der Waals surface area contributed by atoms with Crippen LogP contribution >= 0.6 is 0 Å². The molecule has 1 saturated heterocycles. The van der Waals surface area contributed by atoms with E-state index in [0.29, 0.717) is 37.3 Å². The van der Waals surface area contributed by atoms with Gasteiger partial charge in [0.2, 0.25) is 0 Å². The Morgan fingerprint density at radius 3 is 2.38 bits per heavy atom. The first-order valence-electron chi connectivity index (χ1n) is 9.61. The molecule has 1 N–H and O–H groups in total. The maximum Gasteiger partial charge on any atom is 0.410 e. The predicted octanol–water partition coefficient (Wildman–Crippen LogP) is 2.84. The van der Waals surface area contributed by atoms with Crippen LogP contribution in [0.2, 0.25) is 0 Å². The predicted molar refractivity (Wildman–Crippen MR) is 104 cm³/mol. The smallest absolute Gasteiger partial charge is 0.410 e. The highest BCUT2D eigenvalue weighted by Gasteiger charge is 2.28. The first-order chi connectivity index (χ1) is 13.6. The van der Waals surface area contributed by atoms with Crippen molar-refractivity contribution in [3.05, 3.63) is 41.5 Å². The number of rotatable bonds is 3. The third-order valence-corrected chi connectivity index (χ3v) is 4.66. The van der Waals surface area contributed by atoms with E-state index in [1.165, 1.54) is 16.8 Å². The van der Waals surface area contributed by atoms with E-state index < -0.39 is 5.60 Å². The summed E-state index contributed by atoms with van der Waals surface area (Å²) in [6.45, 7) is 8.27. The Labute approximate surface area is 169 Å². The maximum absolute atomic E-state index is 13.1. The monoisotopic (exact) mass is 403 g/mol. The molecule has 2 heterocycles. The molecule has 29 heavy (non-hydrogen) atoms. The molecule has 2 amide bonds. The van der Waals surface area contributed by atoms with Crippen LogP contribution in [0, 0.1) is 12.7 Å². The number of nitrogens with one attached hydrogen (secondary N) is 1. The summed E-state index contributed by atoms with van der Waals surface area (Å²) < 4.78 is 20.0. The number of halogens is 1. The fourth-order valence-electron chi connectivity index (χ4n) is 3.15. The van der Waals surface area contributed by atoms with Gasteiger partial charge in [0, 0.05) is 19.1 Å². The summed E-state index contributed by atoms with van der Waals surface area (Å²) in [6.07, 6.45) is 0.937. The van der Waals surface area contributed by atoms with E-state index in [-0.39, 0.29) is 29.6 Å². The molecule has 3 rings (SSSR count). The van der Waals surface area contributed by atoms with Crippen molar-refractivity contribution in [1.29, 1.82) is 0 Å². The van der Waals surface area contributed by atoms with Crippen LogP contribution in [0.1, 0.15) is 49.8 Å². The number of benzene rings is 1. The molecule has 8 nitrogen and oxygen atoms in total. The van der Waals surface area contributed by atoms with Crippen molar-refractivity contribution >= 4 is 12.0 Å². The zero-order chi connectivity index (χ0) is 21.2. The van der Waals surface area contributed by atoms with Crippen LogP contribution in [0.4, 0.5) is 9.18 Å². The fourth-order valence-corrected chi connectivity index (χ4v) is 3.15. The number of piperidine rings is 1. The molecule has 0 radical (unpaired) electrons. The molecule has 156 valence electrons. The van der Waals surface area contributed by atoms with E-state index in [0.717, 1.165) is 0 Å². The molecule has 0 atom stereocenters. The lowest BCUT2D eigenvalue weighted by molar-refractivity contribution is 0.0199. The van der Waals surface area contributed by atoms with Gasteiger partial charge in [0.05, 0.1) is 11.4 Å². The summed E-state index contributed by atoms with van der Waals surface area (Å²) in [5.74, 6) is -0.659. The van der Waals surface area contributed by atoms with Crippen LogP contribution in [0.25, 0.3) is 5.69 Å². The molecule has 1 aliphatic heterocycles. The Balaban J connectivity index is 1.58. The largest absolute Gasteiger partial charge is 0.444 e. The van der Waals surface area contributed by atoms with Gasteiger partial charge in [-0.05, 0) is 64.8 Å². The van der Waals surface area contributed by atoms with Gasteiger partial charge >= 0.3 is 6.09 Å². The number of hydrogen-bond acceptors (Lipinski definition) is 5. The van der Waals surface area contributed by atoms with Crippen LogP contribution in [0.15, 0.2) is 24.3 Å². The lowest BCUT2D eigenvalue weighted by atomic mass is 10.1. The van der Waals surface area contributed by atoms with Gasteiger partial charge in [-0.3, -0.25) is 4.79 Å². The van der Waals surface area contributed by atoms with Crippen molar-refractivity contribution in [1.82, 2.24) is 25.2 Å². The number of nitrogens with zero attached hydrogens (tertiary/aromatic N) is 4. The van der Waals surface area contributed by atoms with Crippen molar-refractivity contribution in [2.24, 2.45) is 0 Å². The third-order valence-electron chi connectivity index (χ3n) is 4.66. The lowest BCUT2D eigenvalue weighted by Gasteiger charge is -2.33. The number of ether oxygens (including phenoxy) is 1. The van der Waals surface area contributed by atoms with Gasteiger partial charge < -0.3 is 15.0 Å². The Bertz CT molecular complexity index is 881. The van der Waals surface area contributed by atoms with E-state index in [1.807, 2.05) is 20.8 Å². The average Bonchev–Trinajstić information content (AvgIpc) is 3.03. The lowest BCUT2D eigenvalue weighted by Crippen LogP contribution is -2.47. The van der Waals surface area contributed by atoms with Crippen LogP contribution in [0.5, 0.6) is 0 Å². The SMILES string of the molecule is Cc1c(C(=O)NC2CCN(C(=O)OC(C)(C)C)CC2)nnn1-c1ccc(F)cc1. The minimum Gasteiger partial charge on any atom is -0.444 e. The normalized spacial score (nSPS) is 15.3. The highest BCUT2D eigenvalue weighted by atomic mass is 19.1. The molecule has 1 fully saturated rings. The highest BCUT2D eigenvalue weighted by molar-refractivity contribution is 5.93. The summed E-state index contributed by atoms with van der Waals surface area (Å²) >= 11 is 0. The summed E-state index contributed by atoms with van der Waals surface area (Å²) in [5, 5.41) is 11.0. The van der Waals surface area contributed by atoms with Crippen molar-refractivity contribution in [2.75, 3.05) is 13.1 Å². The minimum absolute atomic E-state index is 0.0587. The van der Waals surface area contributed by atoms with Gasteiger partial charge in [-0.1, -0.05) is 5.21 Å². The average molecular weight is 403 g/mol. The quantitative estimate of drug-likeness (QED) is 0.851. The fraction of sp³-hybridized carbons (Fsp3) is 0.500. The van der Waals surface area contributed by atoms with Crippen LogP contribution in [0.3, 0.4) is 0 Å². The van der Waals surface area contributed by atoms with Crippen molar-refractivity contribution in [2.45, 2.75) is 52.2 Å². The van der Waals surface area contributed by atoms with Gasteiger partial charge in [0.15, 0.2) is 5.69 Å². The van der Waals surface area contributed by atoms with Crippen LogP contribution in [-0.2, 0) is 4.74 Å². The third kappa shape index (κ3) is 5.10. The summed E-state index contributed by atoms with van der Waals surface area (Å²) in [6, 6.07) is 5.75. The van der Waals surface area contributed by atoms with Crippen molar-refractivity contribution in [3.8, 4) is 5.69 Å². The summed E-state index contributed by atoms with van der Waals surface area (Å²) in [5.41, 5.74) is 0.890. The molecule has 1 aromatic carbocycles. The van der Waals surface area contributed by atoms with Gasteiger partial charge in [0.25, 0.3) is 5.91 Å². The van der Waals surface area contributed by atoms with Gasteiger partial charge in [-0.25, -0.2) is 13.9 Å². The van der Waals surface area contributed by atoms with Gasteiger partial charge in [-0.2, -0.15) is 0 Å². The molecular weight excluding hydrogens is 377 g/mol. The molecule has 0 spiro atoms. The number of carbonyl (C=O) groups is 2. The molecule has 0 unspecified atom stereocenters. The molecule has 1 aromatic heterocycles. The number of hydrogen-bond donors (Lipinski definition) is 1. The molecule has 9 heteroatoms. The molecule has 0 saturated carbocycles. The second-order valence-corrected chi connectivity index (χ2v) is 8.13. The van der Waals surface area contributed by atoms with Gasteiger partial charge in [0.1, 0.15) is 11.4 Å². The van der Waals surface area contributed by atoms with Crippen molar-refractivity contribution < 1.29 is 18.7 Å². The second-order valence-electron chi connectivity index (χ2n) is 8.13. The number of amides is 2. The van der Waals surface area contributed by atoms with Crippen LogP contribution in [-0.4, -0.2) is 56.6 Å². The Kier molecular flexibility index (Phi) is 5.86. The topological polar surface area (TPSA) is 89.3 Å². The Morgan fingerprint density at radius 1 is 1.17 bits per heavy atom. The highest BCUT2D eigenvalue weighted by Crippen LogP contribution is 2.17. The zero-order valence-corrected chi connectivity index (χ0v) is 17.1. The van der Waals surface area contributed by atoms with E-state index in [9.17, 15) is 14.0 Å². The van der Waals surface area contributed by atoms with Gasteiger partial charge in [-0.15, -0.1) is 5.10 Å². The maximum atomic E-state index is 13.1. The first kappa shape index (κ1) is 20.8. The van der Waals surface area contributed by atoms with E-state index in [4.69, 9.17) is 4.74 Å². The summed E-state index contributed by atoms with van der Waals surface area (Å²) in [4.78, 5) is 26.4. The number of aromatic nitrogens is 3. The number of likely N-dealkylation sites (tertiary alicyclic amines) is 1. The molecule has 0 aliphatic carbocycles. The number of carbonyl (C=O) groups excluding carboxylic acids is 2. The Morgan fingerprint density at radius 2 is 1.79 bits per heavy atom. The summed E-state index contributed by atoms with van der Waals surface area (Å²) in [7, 11) is 0. The van der Waals surface area contributed by atoms with Crippen molar-refractivity contribution in [3.63, 3.8) is 0 Å². The first-order valence-corrected chi connectivity index (χ1v) is 9.61. The molecule has 0 bridgehead atoms.